The van der Waals surface area contributed by atoms with Gasteiger partial charge >= 0.3 is 0 Å². The van der Waals surface area contributed by atoms with Gasteiger partial charge in [-0.3, -0.25) is 4.79 Å². The number of rotatable bonds is 4. The van der Waals surface area contributed by atoms with Gasteiger partial charge in [-0.25, -0.2) is 0 Å². The van der Waals surface area contributed by atoms with Crippen LogP contribution in [0.15, 0.2) is 18.2 Å². The molecule has 2 rings (SSSR count). The second-order valence-electron chi connectivity index (χ2n) is 7.62. The van der Waals surface area contributed by atoms with Gasteiger partial charge in [-0.15, -0.1) is 0 Å². The molecule has 1 aromatic rings. The van der Waals surface area contributed by atoms with Crippen LogP contribution in [0.3, 0.4) is 0 Å². The summed E-state index contributed by atoms with van der Waals surface area (Å²) in [5, 5.41) is 3.77. The quantitative estimate of drug-likeness (QED) is 0.888. The van der Waals surface area contributed by atoms with E-state index in [2.05, 4.69) is 23.2 Å². The van der Waals surface area contributed by atoms with Crippen molar-refractivity contribution in [1.29, 1.82) is 0 Å². The second-order valence-corrected chi connectivity index (χ2v) is 8.06. The number of amides is 1. The highest BCUT2D eigenvalue weighted by Gasteiger charge is 2.29. The Morgan fingerprint density at radius 2 is 2.17 bits per heavy atom. The van der Waals surface area contributed by atoms with E-state index >= 15 is 0 Å². The lowest BCUT2D eigenvalue weighted by molar-refractivity contribution is -0.124. The van der Waals surface area contributed by atoms with Gasteiger partial charge in [-0.2, -0.15) is 0 Å². The van der Waals surface area contributed by atoms with E-state index in [-0.39, 0.29) is 11.3 Å². The molecule has 1 aliphatic rings. The first kappa shape index (κ1) is 18.1. The number of aryl methyl sites for hydroxylation is 1. The Labute approximate surface area is 144 Å². The van der Waals surface area contributed by atoms with E-state index in [1.807, 2.05) is 32.9 Å². The number of halogens is 1. The van der Waals surface area contributed by atoms with Crippen molar-refractivity contribution in [2.24, 2.45) is 17.1 Å². The zero-order valence-corrected chi connectivity index (χ0v) is 15.3. The molecular formula is C18H28ClN3O. The minimum atomic E-state index is -0.477. The van der Waals surface area contributed by atoms with E-state index < -0.39 is 6.04 Å². The number of nitrogens with one attached hydrogen (secondary N) is 1. The van der Waals surface area contributed by atoms with Crippen LogP contribution in [-0.2, 0) is 4.79 Å². The molecule has 0 saturated carbocycles. The number of anilines is 1. The molecule has 1 heterocycles. The molecule has 128 valence electrons. The Bertz CT molecular complexity index is 568. The van der Waals surface area contributed by atoms with Crippen molar-refractivity contribution >= 4 is 23.2 Å². The number of hydrogen-bond acceptors (Lipinski definition) is 3. The number of carbonyl (C=O) groups excluding carboxylic acids is 1. The topological polar surface area (TPSA) is 58.4 Å². The second kappa shape index (κ2) is 7.10. The maximum atomic E-state index is 12.1. The summed E-state index contributed by atoms with van der Waals surface area (Å²) in [6.07, 6.45) is 1.07. The Kier molecular flexibility index (Phi) is 5.58. The van der Waals surface area contributed by atoms with Gasteiger partial charge in [-0.05, 0) is 42.4 Å². The van der Waals surface area contributed by atoms with Gasteiger partial charge in [0.15, 0.2) is 0 Å². The third-order valence-corrected chi connectivity index (χ3v) is 4.81. The predicted molar refractivity (Wildman–Crippen MR) is 96.9 cm³/mol. The predicted octanol–water partition coefficient (Wildman–Crippen LogP) is 2.96. The van der Waals surface area contributed by atoms with Crippen LogP contribution >= 0.6 is 11.6 Å². The monoisotopic (exact) mass is 337 g/mol. The lowest BCUT2D eigenvalue weighted by Crippen LogP contribution is -2.49. The molecule has 4 nitrogen and oxygen atoms in total. The summed E-state index contributed by atoms with van der Waals surface area (Å²) in [7, 11) is 0. The largest absolute Gasteiger partial charge is 0.371 e. The fourth-order valence-corrected chi connectivity index (χ4v) is 3.06. The smallest absolute Gasteiger partial charge is 0.237 e. The van der Waals surface area contributed by atoms with Crippen molar-refractivity contribution in [2.75, 3.05) is 24.5 Å². The van der Waals surface area contributed by atoms with E-state index in [4.69, 9.17) is 17.3 Å². The zero-order chi connectivity index (χ0) is 17.2. The van der Waals surface area contributed by atoms with Crippen molar-refractivity contribution in [1.82, 2.24) is 5.32 Å². The molecule has 2 atom stereocenters. The Morgan fingerprint density at radius 1 is 1.48 bits per heavy atom. The molecule has 0 aromatic heterocycles. The number of hydrogen-bond donors (Lipinski definition) is 2. The van der Waals surface area contributed by atoms with Crippen LogP contribution < -0.4 is 16.0 Å². The molecule has 23 heavy (non-hydrogen) atoms. The molecule has 0 radical (unpaired) electrons. The lowest BCUT2D eigenvalue weighted by Gasteiger charge is -2.26. The molecule has 1 unspecified atom stereocenters. The van der Waals surface area contributed by atoms with Gasteiger partial charge in [-0.1, -0.05) is 38.4 Å². The van der Waals surface area contributed by atoms with E-state index in [0.29, 0.717) is 12.5 Å². The van der Waals surface area contributed by atoms with Gasteiger partial charge in [0, 0.05) is 30.3 Å². The maximum absolute atomic E-state index is 12.1. The molecule has 3 N–H and O–H groups in total. The minimum absolute atomic E-state index is 0.0603. The molecule has 1 fully saturated rings. The highest BCUT2D eigenvalue weighted by Crippen LogP contribution is 2.29. The molecule has 0 spiro atoms. The average Bonchev–Trinajstić information content (AvgIpc) is 2.94. The van der Waals surface area contributed by atoms with E-state index in [1.165, 1.54) is 11.3 Å². The van der Waals surface area contributed by atoms with Gasteiger partial charge in [0.25, 0.3) is 0 Å². The SMILES string of the molecule is Cc1ccc(Cl)cc1N1CCC(CNC(=O)[C@@H](N)C(C)(C)C)C1. The molecule has 0 bridgehead atoms. The number of benzene rings is 1. The summed E-state index contributed by atoms with van der Waals surface area (Å²) in [5.74, 6) is 0.388. The zero-order valence-electron chi connectivity index (χ0n) is 14.5. The summed E-state index contributed by atoms with van der Waals surface area (Å²) >= 11 is 6.11. The number of nitrogens with zero attached hydrogens (tertiary/aromatic N) is 1. The van der Waals surface area contributed by atoms with E-state index in [0.717, 1.165) is 24.5 Å². The van der Waals surface area contributed by atoms with Crippen molar-refractivity contribution in [3.05, 3.63) is 28.8 Å². The van der Waals surface area contributed by atoms with Crippen molar-refractivity contribution in [3.8, 4) is 0 Å². The first-order chi connectivity index (χ1) is 10.7. The van der Waals surface area contributed by atoms with E-state index in [1.54, 1.807) is 0 Å². The molecule has 1 saturated heterocycles. The van der Waals surface area contributed by atoms with Gasteiger partial charge in [0.1, 0.15) is 0 Å². The number of carbonyl (C=O) groups is 1. The summed E-state index contributed by atoms with van der Waals surface area (Å²) in [6, 6.07) is 5.51. The molecule has 1 aromatic carbocycles. The molecule has 5 heteroatoms. The van der Waals surface area contributed by atoms with Crippen LogP contribution in [-0.4, -0.2) is 31.6 Å². The Balaban J connectivity index is 1.89. The maximum Gasteiger partial charge on any atom is 0.237 e. The highest BCUT2D eigenvalue weighted by molar-refractivity contribution is 6.30. The first-order valence-electron chi connectivity index (χ1n) is 8.23. The standard InChI is InChI=1S/C18H28ClN3O/c1-12-5-6-14(19)9-15(12)22-8-7-13(11-22)10-21-17(23)16(20)18(2,3)4/h5-6,9,13,16H,7-8,10-11,20H2,1-4H3,(H,21,23)/t13?,16-/m1/s1. The summed E-state index contributed by atoms with van der Waals surface area (Å²) in [5.41, 5.74) is 8.20. The summed E-state index contributed by atoms with van der Waals surface area (Å²) in [4.78, 5) is 14.5. The normalized spacial score (nSPS) is 19.7. The van der Waals surface area contributed by atoms with Crippen molar-refractivity contribution < 1.29 is 4.79 Å². The van der Waals surface area contributed by atoms with Crippen LogP contribution in [0.5, 0.6) is 0 Å². The van der Waals surface area contributed by atoms with Crippen LogP contribution in [0.1, 0.15) is 32.8 Å². The van der Waals surface area contributed by atoms with Gasteiger partial charge in [0.05, 0.1) is 6.04 Å². The fourth-order valence-electron chi connectivity index (χ4n) is 2.89. The van der Waals surface area contributed by atoms with E-state index in [9.17, 15) is 4.79 Å². The van der Waals surface area contributed by atoms with Crippen molar-refractivity contribution in [3.63, 3.8) is 0 Å². The summed E-state index contributed by atoms with van der Waals surface area (Å²) < 4.78 is 0. The first-order valence-corrected chi connectivity index (χ1v) is 8.60. The highest BCUT2D eigenvalue weighted by atomic mass is 35.5. The lowest BCUT2D eigenvalue weighted by atomic mass is 9.87. The third kappa shape index (κ3) is 4.61. The molecule has 0 aliphatic carbocycles. The fraction of sp³-hybridized carbons (Fsp3) is 0.611. The third-order valence-electron chi connectivity index (χ3n) is 4.58. The Hall–Kier alpha value is -1.26. The Morgan fingerprint density at radius 3 is 2.83 bits per heavy atom. The van der Waals surface area contributed by atoms with Gasteiger partial charge < -0.3 is 16.0 Å². The summed E-state index contributed by atoms with van der Waals surface area (Å²) in [6.45, 7) is 10.7. The van der Waals surface area contributed by atoms with Gasteiger partial charge in [0.2, 0.25) is 5.91 Å². The van der Waals surface area contributed by atoms with Crippen LogP contribution in [0, 0.1) is 18.3 Å². The molecule has 1 aliphatic heterocycles. The van der Waals surface area contributed by atoms with Crippen LogP contribution in [0.2, 0.25) is 5.02 Å². The molecular weight excluding hydrogens is 310 g/mol. The minimum Gasteiger partial charge on any atom is -0.371 e. The number of nitrogens with two attached hydrogens (primary N) is 1. The average molecular weight is 338 g/mol. The molecule has 1 amide bonds. The van der Waals surface area contributed by atoms with Crippen LogP contribution in [0.25, 0.3) is 0 Å². The van der Waals surface area contributed by atoms with Crippen LogP contribution in [0.4, 0.5) is 5.69 Å². The van der Waals surface area contributed by atoms with Crippen molar-refractivity contribution in [2.45, 2.75) is 40.2 Å².